The number of carbonyl (C=O) groups is 1. The molecule has 1 amide bonds. The van der Waals surface area contributed by atoms with Gasteiger partial charge in [-0.3, -0.25) is 4.79 Å². The van der Waals surface area contributed by atoms with E-state index in [1.165, 1.54) is 38.5 Å². The maximum absolute atomic E-state index is 12.4. The van der Waals surface area contributed by atoms with Crippen LogP contribution in [0.1, 0.15) is 58.8 Å². The molecule has 0 unspecified atom stereocenters. The lowest BCUT2D eigenvalue weighted by atomic mass is 9.53. The van der Waals surface area contributed by atoms with Crippen LogP contribution in [-0.4, -0.2) is 11.4 Å². The maximum Gasteiger partial charge on any atom is 0.251 e. The number of allylic oxidation sites excluding steroid dienone is 1. The number of para-hydroxylation sites is 2. The highest BCUT2D eigenvalue weighted by Gasteiger charge is 2.51. The van der Waals surface area contributed by atoms with Gasteiger partial charge in [0.05, 0.1) is 11.4 Å². The Hall–Kier alpha value is -1.77. The largest absolute Gasteiger partial charge is 0.378 e. The molecule has 2 N–H and O–H groups in total. The Morgan fingerprint density at radius 2 is 1.64 bits per heavy atom. The lowest BCUT2D eigenvalue weighted by Crippen LogP contribution is -2.54. The van der Waals surface area contributed by atoms with Gasteiger partial charge < -0.3 is 10.6 Å². The zero-order valence-electron chi connectivity index (χ0n) is 15.5. The summed E-state index contributed by atoms with van der Waals surface area (Å²) in [5, 5.41) is 7.01. The standard InChI is InChI=1S/C22H30N2O/c1-3-6-15(2)21(25)23-19-7-4-5-8-20(19)24-22-12-16-9-17(13-22)11-18(10-16)14-22/h4-8,16-18,24H,3,9-14H2,1-2H3,(H,23,25)/b15-6-. The van der Waals surface area contributed by atoms with Crippen LogP contribution in [-0.2, 0) is 4.79 Å². The zero-order valence-corrected chi connectivity index (χ0v) is 15.5. The van der Waals surface area contributed by atoms with Crippen molar-refractivity contribution in [2.75, 3.05) is 10.6 Å². The molecule has 0 atom stereocenters. The first-order valence-corrected chi connectivity index (χ1v) is 9.92. The van der Waals surface area contributed by atoms with E-state index in [2.05, 4.69) is 29.7 Å². The number of nitrogens with one attached hydrogen (secondary N) is 2. The first-order chi connectivity index (χ1) is 12.1. The van der Waals surface area contributed by atoms with E-state index < -0.39 is 0 Å². The van der Waals surface area contributed by atoms with E-state index in [1.807, 2.05) is 25.1 Å². The molecule has 5 rings (SSSR count). The molecule has 3 heteroatoms. The second-order valence-electron chi connectivity index (χ2n) is 8.62. The Bertz CT molecular complexity index is 656. The third-order valence-corrected chi connectivity index (χ3v) is 6.48. The van der Waals surface area contributed by atoms with Crippen LogP contribution in [0.4, 0.5) is 11.4 Å². The van der Waals surface area contributed by atoms with Crippen molar-refractivity contribution < 1.29 is 4.79 Å². The lowest BCUT2D eigenvalue weighted by Gasteiger charge is -2.57. The topological polar surface area (TPSA) is 41.1 Å². The van der Waals surface area contributed by atoms with Crippen LogP contribution in [0.3, 0.4) is 0 Å². The molecule has 25 heavy (non-hydrogen) atoms. The van der Waals surface area contributed by atoms with Gasteiger partial charge in [0.25, 0.3) is 5.91 Å². The van der Waals surface area contributed by atoms with Crippen molar-refractivity contribution in [3.63, 3.8) is 0 Å². The Balaban J connectivity index is 1.54. The fraction of sp³-hybridized carbons (Fsp3) is 0.591. The normalized spacial score (nSPS) is 33.4. The monoisotopic (exact) mass is 338 g/mol. The summed E-state index contributed by atoms with van der Waals surface area (Å²) in [6.07, 6.45) is 11.1. The van der Waals surface area contributed by atoms with Gasteiger partial charge in [-0.15, -0.1) is 0 Å². The van der Waals surface area contributed by atoms with E-state index >= 15 is 0 Å². The highest BCUT2D eigenvalue weighted by Crippen LogP contribution is 2.56. The molecule has 0 spiro atoms. The molecular formula is C22H30N2O. The fourth-order valence-corrected chi connectivity index (χ4v) is 5.87. The van der Waals surface area contributed by atoms with Crippen molar-refractivity contribution >= 4 is 17.3 Å². The van der Waals surface area contributed by atoms with Crippen LogP contribution in [0.2, 0.25) is 0 Å². The third-order valence-electron chi connectivity index (χ3n) is 6.48. The van der Waals surface area contributed by atoms with Crippen molar-refractivity contribution in [2.45, 2.75) is 64.3 Å². The molecule has 0 aliphatic heterocycles. The predicted molar refractivity (Wildman–Crippen MR) is 104 cm³/mol. The van der Waals surface area contributed by atoms with Gasteiger partial charge in [-0.1, -0.05) is 25.1 Å². The smallest absolute Gasteiger partial charge is 0.251 e. The molecule has 1 aromatic rings. The Morgan fingerprint density at radius 3 is 2.20 bits per heavy atom. The van der Waals surface area contributed by atoms with Gasteiger partial charge in [0.2, 0.25) is 0 Å². The van der Waals surface area contributed by atoms with Gasteiger partial charge >= 0.3 is 0 Å². The predicted octanol–water partition coefficient (Wildman–Crippen LogP) is 5.36. The molecule has 4 saturated carbocycles. The number of amides is 1. The molecule has 4 aliphatic carbocycles. The Labute approximate surface area is 151 Å². The van der Waals surface area contributed by atoms with Crippen LogP contribution < -0.4 is 10.6 Å². The van der Waals surface area contributed by atoms with Gasteiger partial charge in [0, 0.05) is 11.1 Å². The molecule has 4 fully saturated rings. The molecular weight excluding hydrogens is 308 g/mol. The highest BCUT2D eigenvalue weighted by molar-refractivity contribution is 6.05. The first-order valence-electron chi connectivity index (χ1n) is 9.92. The van der Waals surface area contributed by atoms with Crippen molar-refractivity contribution in [1.82, 2.24) is 0 Å². The Morgan fingerprint density at radius 1 is 1.08 bits per heavy atom. The van der Waals surface area contributed by atoms with Crippen LogP contribution in [0, 0.1) is 17.8 Å². The summed E-state index contributed by atoms with van der Waals surface area (Å²) in [5.41, 5.74) is 3.03. The number of hydrogen-bond acceptors (Lipinski definition) is 2. The minimum Gasteiger partial charge on any atom is -0.378 e. The summed E-state index contributed by atoms with van der Waals surface area (Å²) in [4.78, 5) is 12.4. The summed E-state index contributed by atoms with van der Waals surface area (Å²) < 4.78 is 0. The summed E-state index contributed by atoms with van der Waals surface area (Å²) >= 11 is 0. The molecule has 1 aromatic carbocycles. The average Bonchev–Trinajstić information content (AvgIpc) is 2.55. The zero-order chi connectivity index (χ0) is 17.4. The number of rotatable bonds is 5. The lowest BCUT2D eigenvalue weighted by molar-refractivity contribution is -0.112. The van der Waals surface area contributed by atoms with Crippen molar-refractivity contribution in [1.29, 1.82) is 0 Å². The minimum absolute atomic E-state index is 0.00149. The number of anilines is 2. The molecule has 0 heterocycles. The number of hydrogen-bond donors (Lipinski definition) is 2. The second-order valence-corrected chi connectivity index (χ2v) is 8.62. The molecule has 134 valence electrons. The van der Waals surface area contributed by atoms with E-state index in [4.69, 9.17) is 0 Å². The van der Waals surface area contributed by atoms with Gasteiger partial charge in [0.1, 0.15) is 0 Å². The first kappa shape index (κ1) is 16.7. The molecule has 4 aliphatic rings. The average molecular weight is 338 g/mol. The van der Waals surface area contributed by atoms with Crippen molar-refractivity contribution in [3.05, 3.63) is 35.9 Å². The maximum atomic E-state index is 12.4. The van der Waals surface area contributed by atoms with E-state index in [0.717, 1.165) is 41.1 Å². The molecule has 0 aromatic heterocycles. The number of benzene rings is 1. The second kappa shape index (κ2) is 6.51. The van der Waals surface area contributed by atoms with Gasteiger partial charge in [0.15, 0.2) is 0 Å². The van der Waals surface area contributed by atoms with Crippen LogP contribution in [0.25, 0.3) is 0 Å². The molecule has 0 saturated heterocycles. The fourth-order valence-electron chi connectivity index (χ4n) is 5.87. The van der Waals surface area contributed by atoms with E-state index in [0.29, 0.717) is 0 Å². The van der Waals surface area contributed by atoms with Gasteiger partial charge in [-0.05, 0) is 81.8 Å². The van der Waals surface area contributed by atoms with Gasteiger partial charge in [-0.25, -0.2) is 0 Å². The summed E-state index contributed by atoms with van der Waals surface area (Å²) in [6.45, 7) is 3.94. The Kier molecular flexibility index (Phi) is 4.35. The molecule has 4 bridgehead atoms. The minimum atomic E-state index is 0.00149. The van der Waals surface area contributed by atoms with Crippen LogP contribution >= 0.6 is 0 Å². The van der Waals surface area contributed by atoms with E-state index in [9.17, 15) is 4.79 Å². The van der Waals surface area contributed by atoms with E-state index in [-0.39, 0.29) is 11.4 Å². The van der Waals surface area contributed by atoms with Crippen molar-refractivity contribution in [2.24, 2.45) is 17.8 Å². The van der Waals surface area contributed by atoms with Crippen LogP contribution in [0.5, 0.6) is 0 Å². The third kappa shape index (κ3) is 3.33. The number of carbonyl (C=O) groups excluding carboxylic acids is 1. The highest BCUT2D eigenvalue weighted by atomic mass is 16.1. The van der Waals surface area contributed by atoms with Gasteiger partial charge in [-0.2, -0.15) is 0 Å². The summed E-state index contributed by atoms with van der Waals surface area (Å²) in [7, 11) is 0. The SMILES string of the molecule is CC/C=C(/C)C(=O)Nc1ccccc1NC12CC3CC(CC(C3)C1)C2. The van der Waals surface area contributed by atoms with Crippen molar-refractivity contribution in [3.8, 4) is 0 Å². The summed E-state index contributed by atoms with van der Waals surface area (Å²) in [5.74, 6) is 2.74. The molecule has 3 nitrogen and oxygen atoms in total. The molecule has 0 radical (unpaired) electrons. The summed E-state index contributed by atoms with van der Waals surface area (Å²) in [6, 6.07) is 8.19. The quantitative estimate of drug-likeness (QED) is 0.709. The van der Waals surface area contributed by atoms with Crippen LogP contribution in [0.15, 0.2) is 35.9 Å². The van der Waals surface area contributed by atoms with E-state index in [1.54, 1.807) is 0 Å².